The van der Waals surface area contributed by atoms with Crippen molar-refractivity contribution in [1.29, 1.82) is 0 Å². The molecule has 1 aliphatic heterocycles. The van der Waals surface area contributed by atoms with Gasteiger partial charge in [0.05, 0.1) is 16.6 Å². The summed E-state index contributed by atoms with van der Waals surface area (Å²) in [5.41, 5.74) is 1.68. The van der Waals surface area contributed by atoms with Crippen molar-refractivity contribution >= 4 is 33.6 Å². The Morgan fingerprint density at radius 1 is 1.08 bits per heavy atom. The number of para-hydroxylation sites is 2. The Morgan fingerprint density at radius 3 is 2.68 bits per heavy atom. The Labute approximate surface area is 146 Å². The molecule has 124 valence electrons. The standard InChI is InChI=1S/C18H13N3O3S/c1-9-5-4-8-12(22)14(9)20-18-21-17(24)15(25-18)13-10-6-2-3-7-11(10)19-16(13)23/h2-8,22,24H,1H3,(H,20,21). The lowest BCUT2D eigenvalue weighted by Gasteiger charge is -2.08. The number of hydrogen-bond acceptors (Lipinski definition) is 6. The quantitative estimate of drug-likeness (QED) is 0.627. The van der Waals surface area contributed by atoms with Crippen LogP contribution in [-0.4, -0.2) is 21.1 Å². The summed E-state index contributed by atoms with van der Waals surface area (Å²) in [6, 6.07) is 12.3. The highest BCUT2D eigenvalue weighted by Crippen LogP contribution is 2.37. The van der Waals surface area contributed by atoms with Gasteiger partial charge in [-0.25, -0.2) is 4.99 Å². The average Bonchev–Trinajstić information content (AvgIpc) is 3.09. The van der Waals surface area contributed by atoms with Gasteiger partial charge in [-0.05, 0) is 24.6 Å². The molecule has 3 N–H and O–H groups in total. The van der Waals surface area contributed by atoms with E-state index in [0.29, 0.717) is 31.8 Å². The van der Waals surface area contributed by atoms with Gasteiger partial charge in [0.15, 0.2) is 5.13 Å². The maximum absolute atomic E-state index is 12.3. The van der Waals surface area contributed by atoms with Crippen LogP contribution in [0.5, 0.6) is 11.6 Å². The first-order chi connectivity index (χ1) is 12.0. The minimum Gasteiger partial charge on any atom is -0.506 e. The number of carbonyl (C=O) groups excluding carboxylic acids is 1. The smallest absolute Gasteiger partial charge is 0.279 e. The van der Waals surface area contributed by atoms with Crippen molar-refractivity contribution in [1.82, 2.24) is 4.98 Å². The molecule has 0 saturated carbocycles. The Kier molecular flexibility index (Phi) is 3.51. The largest absolute Gasteiger partial charge is 0.506 e. The van der Waals surface area contributed by atoms with E-state index in [2.05, 4.69) is 15.3 Å². The number of aromatic nitrogens is 1. The summed E-state index contributed by atoms with van der Waals surface area (Å²) >= 11 is 1.14. The topological polar surface area (TPSA) is 94.8 Å². The van der Waals surface area contributed by atoms with E-state index >= 15 is 0 Å². The van der Waals surface area contributed by atoms with E-state index in [9.17, 15) is 15.0 Å². The Hall–Kier alpha value is -3.19. The van der Waals surface area contributed by atoms with E-state index in [1.54, 1.807) is 30.3 Å². The Bertz CT molecular complexity index is 1110. The highest BCUT2D eigenvalue weighted by molar-refractivity contribution is 7.17. The summed E-state index contributed by atoms with van der Waals surface area (Å²) in [7, 11) is 0. The van der Waals surface area contributed by atoms with Gasteiger partial charge in [-0.3, -0.25) is 4.79 Å². The highest BCUT2D eigenvalue weighted by atomic mass is 32.1. The zero-order valence-corrected chi connectivity index (χ0v) is 14.0. The number of fused-ring (bicyclic) bond motifs is 1. The third-order valence-electron chi connectivity index (χ3n) is 3.93. The molecule has 2 heterocycles. The number of hydrogen-bond donors (Lipinski definition) is 3. The molecule has 3 aromatic rings. The molecule has 0 bridgehead atoms. The van der Waals surface area contributed by atoms with Crippen LogP contribution < -0.4 is 15.9 Å². The average molecular weight is 351 g/mol. The van der Waals surface area contributed by atoms with E-state index in [1.165, 1.54) is 0 Å². The molecule has 25 heavy (non-hydrogen) atoms. The monoisotopic (exact) mass is 351 g/mol. The van der Waals surface area contributed by atoms with Crippen LogP contribution in [0.4, 0.5) is 10.8 Å². The second kappa shape index (κ2) is 5.71. The number of nitrogens with zero attached hydrogens (tertiary/aromatic N) is 2. The third-order valence-corrected chi connectivity index (χ3v) is 4.91. The van der Waals surface area contributed by atoms with Crippen LogP contribution in [-0.2, 0) is 4.79 Å². The van der Waals surface area contributed by atoms with Crippen LogP contribution in [0.3, 0.4) is 0 Å². The molecule has 7 heteroatoms. The van der Waals surface area contributed by atoms with E-state index < -0.39 is 5.91 Å². The molecule has 0 fully saturated rings. The number of phenolic OH excluding ortho intramolecular Hbond substituents is 1. The number of amides is 1. The molecule has 0 atom stereocenters. The van der Waals surface area contributed by atoms with Crippen molar-refractivity contribution in [2.75, 3.05) is 5.32 Å². The van der Waals surface area contributed by atoms with Crippen molar-refractivity contribution in [3.63, 3.8) is 0 Å². The summed E-state index contributed by atoms with van der Waals surface area (Å²) in [4.78, 5) is 20.7. The number of rotatable bonds is 3. The molecule has 1 amide bonds. The summed E-state index contributed by atoms with van der Waals surface area (Å²) in [6.07, 6.45) is 0. The van der Waals surface area contributed by atoms with Crippen molar-refractivity contribution in [3.05, 3.63) is 63.5 Å². The minimum absolute atomic E-state index is 0.0844. The number of benzene rings is 2. The van der Waals surface area contributed by atoms with Crippen LogP contribution in [0.15, 0.2) is 47.5 Å². The van der Waals surface area contributed by atoms with E-state index in [1.807, 2.05) is 19.1 Å². The molecule has 0 saturated heterocycles. The lowest BCUT2D eigenvalue weighted by atomic mass is 10.1. The van der Waals surface area contributed by atoms with Gasteiger partial charge >= 0.3 is 0 Å². The maximum Gasteiger partial charge on any atom is 0.279 e. The van der Waals surface area contributed by atoms with Crippen LogP contribution in [0, 0.1) is 6.92 Å². The normalized spacial score (nSPS) is 12.8. The fraction of sp³-hybridized carbons (Fsp3) is 0.0556. The molecule has 0 spiro atoms. The van der Waals surface area contributed by atoms with Gasteiger partial charge in [0.1, 0.15) is 10.6 Å². The van der Waals surface area contributed by atoms with Crippen LogP contribution in [0.2, 0.25) is 0 Å². The molecular formula is C18H13N3O3S. The first-order valence-electron chi connectivity index (χ1n) is 7.53. The second-order valence-corrected chi connectivity index (χ2v) is 6.57. The molecule has 1 aromatic heterocycles. The van der Waals surface area contributed by atoms with Crippen LogP contribution in [0.25, 0.3) is 5.57 Å². The van der Waals surface area contributed by atoms with Crippen LogP contribution in [0.1, 0.15) is 10.4 Å². The van der Waals surface area contributed by atoms with Gasteiger partial charge in [-0.15, -0.1) is 0 Å². The first-order valence-corrected chi connectivity index (χ1v) is 8.34. The molecule has 1 aliphatic rings. The molecule has 0 aliphatic carbocycles. The van der Waals surface area contributed by atoms with E-state index in [0.717, 1.165) is 16.9 Å². The van der Waals surface area contributed by atoms with E-state index in [4.69, 9.17) is 0 Å². The van der Waals surface area contributed by atoms with Gasteiger partial charge in [-0.2, -0.15) is 4.98 Å². The minimum atomic E-state index is -0.398. The fourth-order valence-electron chi connectivity index (χ4n) is 2.73. The number of phenols is 1. The Balaban J connectivity index is 1.81. The number of aromatic hydroxyl groups is 2. The zero-order chi connectivity index (χ0) is 17.6. The first kappa shape index (κ1) is 15.3. The highest BCUT2D eigenvalue weighted by Gasteiger charge is 2.24. The van der Waals surface area contributed by atoms with Gasteiger partial charge in [0, 0.05) is 5.22 Å². The van der Waals surface area contributed by atoms with Gasteiger partial charge in [-0.1, -0.05) is 41.7 Å². The molecule has 2 aromatic carbocycles. The van der Waals surface area contributed by atoms with Crippen molar-refractivity contribution in [2.24, 2.45) is 4.99 Å². The van der Waals surface area contributed by atoms with Crippen molar-refractivity contribution in [2.45, 2.75) is 6.92 Å². The predicted molar refractivity (Wildman–Crippen MR) is 94.6 cm³/mol. The van der Waals surface area contributed by atoms with Gasteiger partial charge in [0.25, 0.3) is 5.91 Å². The zero-order valence-electron chi connectivity index (χ0n) is 13.1. The van der Waals surface area contributed by atoms with Crippen LogP contribution >= 0.6 is 11.3 Å². The molecule has 4 rings (SSSR count). The van der Waals surface area contributed by atoms with Crippen molar-refractivity contribution < 1.29 is 15.0 Å². The lowest BCUT2D eigenvalue weighted by Crippen LogP contribution is -2.22. The number of nitrogens with one attached hydrogen (secondary N) is 1. The summed E-state index contributed by atoms with van der Waals surface area (Å²) in [5.74, 6) is -0.553. The summed E-state index contributed by atoms with van der Waals surface area (Å²) in [5, 5.41) is 24.9. The lowest BCUT2D eigenvalue weighted by molar-refractivity contribution is -0.112. The SMILES string of the molecule is Cc1cccc(O)c1Nc1nc(O)c(C2=c3ccccc3=NC2=O)s1. The second-order valence-electron chi connectivity index (χ2n) is 5.57. The van der Waals surface area contributed by atoms with Gasteiger partial charge in [0.2, 0.25) is 5.88 Å². The summed E-state index contributed by atoms with van der Waals surface area (Å²) < 4.78 is 0. The van der Waals surface area contributed by atoms with E-state index in [-0.39, 0.29) is 11.6 Å². The molecule has 6 nitrogen and oxygen atoms in total. The number of aryl methyl sites for hydroxylation is 1. The predicted octanol–water partition coefficient (Wildman–Crippen LogP) is 1.97. The van der Waals surface area contributed by atoms with Gasteiger partial charge < -0.3 is 15.5 Å². The van der Waals surface area contributed by atoms with Crippen molar-refractivity contribution in [3.8, 4) is 11.6 Å². The number of anilines is 2. The Morgan fingerprint density at radius 2 is 1.88 bits per heavy atom. The molecular weight excluding hydrogens is 338 g/mol. The fourth-order valence-corrected chi connectivity index (χ4v) is 3.65. The molecule has 0 unspecified atom stereocenters. The number of carbonyl (C=O) groups is 1. The summed E-state index contributed by atoms with van der Waals surface area (Å²) in [6.45, 7) is 1.85. The molecule has 0 radical (unpaired) electrons. The maximum atomic E-state index is 12.3. The number of thiazole rings is 1. The third kappa shape index (κ3) is 2.54.